The minimum Gasteiger partial charge on any atom is -0.0850 e. The molecule has 0 nitrogen and oxygen atoms in total. The predicted molar refractivity (Wildman–Crippen MR) is 75.7 cm³/mol. The second kappa shape index (κ2) is 3.73. The standard InChI is InChI=1S/C18H22/c1-2-14-4-3-5-15-8-9-18(12-17(14)15)11-13-6-7-16(18)10-13/h3-6,16H,2,7-12H2,1H3. The number of allylic oxidation sites excluding steroid dienone is 2. The van der Waals surface area contributed by atoms with Gasteiger partial charge in [0.05, 0.1) is 0 Å². The van der Waals surface area contributed by atoms with Gasteiger partial charge in [0, 0.05) is 0 Å². The first-order valence-corrected chi connectivity index (χ1v) is 7.58. The van der Waals surface area contributed by atoms with Crippen LogP contribution >= 0.6 is 0 Å². The van der Waals surface area contributed by atoms with Gasteiger partial charge in [0.15, 0.2) is 0 Å². The maximum Gasteiger partial charge on any atom is -0.0182 e. The Morgan fingerprint density at radius 1 is 1.28 bits per heavy atom. The Kier molecular flexibility index (Phi) is 2.24. The molecular formula is C18H22. The summed E-state index contributed by atoms with van der Waals surface area (Å²) in [5, 5.41) is 0. The lowest BCUT2D eigenvalue weighted by molar-refractivity contribution is 0.168. The molecule has 0 radical (unpaired) electrons. The number of benzene rings is 1. The zero-order valence-electron chi connectivity index (χ0n) is 11.3. The second-order valence-electron chi connectivity index (χ2n) is 6.62. The fourth-order valence-electron chi connectivity index (χ4n) is 4.80. The van der Waals surface area contributed by atoms with Crippen molar-refractivity contribution in [2.24, 2.45) is 11.3 Å². The van der Waals surface area contributed by atoms with Gasteiger partial charge in [-0.05, 0) is 73.0 Å². The third-order valence-electron chi connectivity index (χ3n) is 5.82. The molecule has 1 aromatic rings. The van der Waals surface area contributed by atoms with Crippen molar-refractivity contribution in [2.45, 2.75) is 51.9 Å². The molecule has 2 bridgehead atoms. The molecule has 1 spiro atoms. The number of rotatable bonds is 1. The second-order valence-corrected chi connectivity index (χ2v) is 6.62. The minimum atomic E-state index is 0.655. The van der Waals surface area contributed by atoms with Gasteiger partial charge in [0.2, 0.25) is 0 Å². The molecule has 18 heavy (non-hydrogen) atoms. The zero-order chi connectivity index (χ0) is 12.2. The van der Waals surface area contributed by atoms with E-state index in [1.165, 1.54) is 44.9 Å². The summed E-state index contributed by atoms with van der Waals surface area (Å²) in [5.41, 5.74) is 7.42. The Bertz CT molecular complexity index is 509. The summed E-state index contributed by atoms with van der Waals surface area (Å²) < 4.78 is 0. The molecule has 4 rings (SSSR count). The monoisotopic (exact) mass is 238 g/mol. The highest BCUT2D eigenvalue weighted by Gasteiger charge is 2.48. The highest BCUT2D eigenvalue weighted by molar-refractivity contribution is 5.40. The highest BCUT2D eigenvalue weighted by atomic mass is 14.5. The van der Waals surface area contributed by atoms with E-state index in [2.05, 4.69) is 31.2 Å². The molecule has 1 fully saturated rings. The average molecular weight is 238 g/mol. The van der Waals surface area contributed by atoms with Crippen molar-refractivity contribution < 1.29 is 0 Å². The lowest BCUT2D eigenvalue weighted by atomic mass is 9.63. The number of aryl methyl sites for hydroxylation is 2. The summed E-state index contributed by atoms with van der Waals surface area (Å²) in [5.74, 6) is 0.977. The van der Waals surface area contributed by atoms with E-state index in [0.717, 1.165) is 5.92 Å². The third-order valence-corrected chi connectivity index (χ3v) is 5.82. The summed E-state index contributed by atoms with van der Waals surface area (Å²) in [6, 6.07) is 6.98. The quantitative estimate of drug-likeness (QED) is 0.633. The molecule has 3 aliphatic carbocycles. The molecule has 0 saturated heterocycles. The van der Waals surface area contributed by atoms with Crippen LogP contribution in [0, 0.1) is 11.3 Å². The van der Waals surface area contributed by atoms with Gasteiger partial charge in [-0.25, -0.2) is 0 Å². The topological polar surface area (TPSA) is 0 Å². The maximum atomic E-state index is 2.52. The third kappa shape index (κ3) is 1.38. The highest BCUT2D eigenvalue weighted by Crippen LogP contribution is 2.58. The van der Waals surface area contributed by atoms with Gasteiger partial charge in [0.25, 0.3) is 0 Å². The Labute approximate surface area is 110 Å². The van der Waals surface area contributed by atoms with E-state index in [1.807, 2.05) is 0 Å². The smallest absolute Gasteiger partial charge is 0.0182 e. The maximum absolute atomic E-state index is 2.52. The van der Waals surface area contributed by atoms with Crippen molar-refractivity contribution in [1.82, 2.24) is 0 Å². The molecule has 0 amide bonds. The summed E-state index contributed by atoms with van der Waals surface area (Å²) in [4.78, 5) is 0. The fourth-order valence-corrected chi connectivity index (χ4v) is 4.80. The van der Waals surface area contributed by atoms with E-state index in [1.54, 1.807) is 22.3 Å². The molecule has 94 valence electrons. The van der Waals surface area contributed by atoms with Crippen LogP contribution < -0.4 is 0 Å². The van der Waals surface area contributed by atoms with Crippen LogP contribution in [0.3, 0.4) is 0 Å². The van der Waals surface area contributed by atoms with Gasteiger partial charge < -0.3 is 0 Å². The summed E-state index contributed by atoms with van der Waals surface area (Å²) in [7, 11) is 0. The van der Waals surface area contributed by atoms with Gasteiger partial charge in [-0.1, -0.05) is 36.8 Å². The minimum absolute atomic E-state index is 0.655. The zero-order valence-corrected chi connectivity index (χ0v) is 11.3. The molecule has 2 atom stereocenters. The Morgan fingerprint density at radius 2 is 2.22 bits per heavy atom. The van der Waals surface area contributed by atoms with E-state index in [9.17, 15) is 0 Å². The van der Waals surface area contributed by atoms with Crippen molar-refractivity contribution in [3.63, 3.8) is 0 Å². The first-order valence-electron chi connectivity index (χ1n) is 7.58. The van der Waals surface area contributed by atoms with Crippen LogP contribution in [0.5, 0.6) is 0 Å². The first-order chi connectivity index (χ1) is 8.81. The van der Waals surface area contributed by atoms with Crippen molar-refractivity contribution in [1.29, 1.82) is 0 Å². The van der Waals surface area contributed by atoms with Crippen LogP contribution in [0.4, 0.5) is 0 Å². The Hall–Kier alpha value is -1.04. The van der Waals surface area contributed by atoms with Crippen LogP contribution in [0.25, 0.3) is 0 Å². The number of fused-ring (bicyclic) bond motifs is 4. The van der Waals surface area contributed by atoms with Crippen molar-refractivity contribution in [3.05, 3.63) is 46.5 Å². The molecule has 0 aliphatic heterocycles. The van der Waals surface area contributed by atoms with E-state index in [4.69, 9.17) is 0 Å². The van der Waals surface area contributed by atoms with Crippen molar-refractivity contribution in [3.8, 4) is 0 Å². The predicted octanol–water partition coefficient (Wildman–Crippen LogP) is 4.46. The van der Waals surface area contributed by atoms with Gasteiger partial charge >= 0.3 is 0 Å². The van der Waals surface area contributed by atoms with E-state index in [0.29, 0.717) is 5.41 Å². The summed E-state index contributed by atoms with van der Waals surface area (Å²) in [6.45, 7) is 2.31. The Morgan fingerprint density at radius 3 is 2.94 bits per heavy atom. The van der Waals surface area contributed by atoms with E-state index >= 15 is 0 Å². The molecule has 0 N–H and O–H groups in total. The van der Waals surface area contributed by atoms with Crippen molar-refractivity contribution in [2.75, 3.05) is 0 Å². The summed E-state index contributed by atoms with van der Waals surface area (Å²) >= 11 is 0. The lowest BCUT2D eigenvalue weighted by Gasteiger charge is -2.41. The molecular weight excluding hydrogens is 216 g/mol. The van der Waals surface area contributed by atoms with Crippen LogP contribution in [-0.4, -0.2) is 0 Å². The van der Waals surface area contributed by atoms with Crippen LogP contribution in [0.1, 0.15) is 49.3 Å². The van der Waals surface area contributed by atoms with Crippen LogP contribution in [0.15, 0.2) is 29.8 Å². The molecule has 0 heterocycles. The van der Waals surface area contributed by atoms with E-state index < -0.39 is 0 Å². The first kappa shape index (κ1) is 10.8. The average Bonchev–Trinajstić information content (AvgIpc) is 2.98. The molecule has 1 saturated carbocycles. The fraction of sp³-hybridized carbons (Fsp3) is 0.556. The molecule has 0 heteroatoms. The Balaban J connectivity index is 1.75. The van der Waals surface area contributed by atoms with Crippen LogP contribution in [-0.2, 0) is 19.3 Å². The van der Waals surface area contributed by atoms with Gasteiger partial charge in [-0.2, -0.15) is 0 Å². The molecule has 0 aromatic heterocycles. The van der Waals surface area contributed by atoms with Gasteiger partial charge in [-0.15, -0.1) is 0 Å². The largest absolute Gasteiger partial charge is 0.0850 e. The van der Waals surface area contributed by atoms with Crippen molar-refractivity contribution >= 4 is 0 Å². The number of hydrogen-bond donors (Lipinski definition) is 0. The molecule has 1 aromatic carbocycles. The van der Waals surface area contributed by atoms with Gasteiger partial charge in [0.1, 0.15) is 0 Å². The summed E-state index contributed by atoms with van der Waals surface area (Å²) in [6.07, 6.45) is 12.1. The lowest BCUT2D eigenvalue weighted by Crippen LogP contribution is -2.33. The van der Waals surface area contributed by atoms with E-state index in [-0.39, 0.29) is 0 Å². The molecule has 3 aliphatic rings. The number of hydrogen-bond acceptors (Lipinski definition) is 0. The SMILES string of the molecule is CCc1cccc2c1CC1(CC2)CC2=CCC1C2. The normalized spacial score (nSPS) is 32.7. The van der Waals surface area contributed by atoms with Crippen LogP contribution in [0.2, 0.25) is 0 Å². The van der Waals surface area contributed by atoms with Gasteiger partial charge in [-0.3, -0.25) is 0 Å². The molecule has 2 unspecified atom stereocenters.